The number of nitrogens with one attached hydrogen (secondary N) is 1. The lowest BCUT2D eigenvalue weighted by molar-refractivity contribution is 0.0649. The van der Waals surface area contributed by atoms with Gasteiger partial charge in [-0.05, 0) is 43.0 Å². The third kappa shape index (κ3) is 3.23. The maximum Gasteiger partial charge on any atom is 0.231 e. The predicted molar refractivity (Wildman–Crippen MR) is 73.9 cm³/mol. The summed E-state index contributed by atoms with van der Waals surface area (Å²) >= 11 is 0. The molecule has 20 heavy (non-hydrogen) atoms. The van der Waals surface area contributed by atoms with Crippen LogP contribution in [-0.2, 0) is 4.74 Å². The molecule has 5 heteroatoms. The standard InChI is InChI=1S/C15H21NO4/c17-13(9-16-8-11-3-5-18-6-4-11)12-1-2-14-15(7-12)20-10-19-14/h1-2,7,11,13,16-17H,3-6,8-10H2. The van der Waals surface area contributed by atoms with E-state index < -0.39 is 6.10 Å². The summed E-state index contributed by atoms with van der Waals surface area (Å²) in [5.74, 6) is 2.12. The van der Waals surface area contributed by atoms with Gasteiger partial charge in [0.2, 0.25) is 6.79 Å². The largest absolute Gasteiger partial charge is 0.454 e. The molecule has 0 bridgehead atoms. The lowest BCUT2D eigenvalue weighted by Gasteiger charge is -2.23. The number of benzene rings is 1. The molecule has 1 aromatic rings. The van der Waals surface area contributed by atoms with Gasteiger partial charge in [0, 0.05) is 19.8 Å². The fourth-order valence-corrected chi connectivity index (χ4v) is 2.61. The molecule has 1 atom stereocenters. The Bertz CT molecular complexity index is 445. The number of aliphatic hydroxyl groups excluding tert-OH is 1. The van der Waals surface area contributed by atoms with Gasteiger partial charge in [-0.1, -0.05) is 6.07 Å². The molecule has 2 heterocycles. The summed E-state index contributed by atoms with van der Waals surface area (Å²) in [6, 6.07) is 5.58. The third-order valence-corrected chi connectivity index (χ3v) is 3.89. The molecule has 0 saturated carbocycles. The highest BCUT2D eigenvalue weighted by Gasteiger charge is 2.17. The van der Waals surface area contributed by atoms with Crippen LogP contribution < -0.4 is 14.8 Å². The van der Waals surface area contributed by atoms with Crippen LogP contribution in [0.25, 0.3) is 0 Å². The molecule has 1 aromatic carbocycles. The maximum atomic E-state index is 10.2. The number of rotatable bonds is 5. The molecule has 3 rings (SSSR count). The number of ether oxygens (including phenoxy) is 3. The number of hydrogen-bond acceptors (Lipinski definition) is 5. The molecule has 2 aliphatic heterocycles. The van der Waals surface area contributed by atoms with Crippen molar-refractivity contribution in [3.8, 4) is 11.5 Å². The molecule has 0 aliphatic carbocycles. The van der Waals surface area contributed by atoms with Gasteiger partial charge in [0.25, 0.3) is 0 Å². The minimum atomic E-state index is -0.524. The van der Waals surface area contributed by atoms with E-state index in [2.05, 4.69) is 5.32 Å². The second-order valence-electron chi connectivity index (χ2n) is 5.34. The zero-order chi connectivity index (χ0) is 13.8. The lowest BCUT2D eigenvalue weighted by atomic mass is 10.0. The molecule has 0 aromatic heterocycles. The van der Waals surface area contributed by atoms with Gasteiger partial charge < -0.3 is 24.6 Å². The van der Waals surface area contributed by atoms with Crippen molar-refractivity contribution in [3.63, 3.8) is 0 Å². The van der Waals surface area contributed by atoms with Crippen molar-refractivity contribution in [1.82, 2.24) is 5.32 Å². The quantitative estimate of drug-likeness (QED) is 0.854. The topological polar surface area (TPSA) is 60.0 Å². The van der Waals surface area contributed by atoms with Gasteiger partial charge >= 0.3 is 0 Å². The molecule has 0 amide bonds. The highest BCUT2D eigenvalue weighted by molar-refractivity contribution is 5.45. The minimum absolute atomic E-state index is 0.261. The van der Waals surface area contributed by atoms with Crippen molar-refractivity contribution >= 4 is 0 Å². The van der Waals surface area contributed by atoms with Crippen molar-refractivity contribution < 1.29 is 19.3 Å². The first-order valence-corrected chi connectivity index (χ1v) is 7.19. The van der Waals surface area contributed by atoms with Gasteiger partial charge in [0.1, 0.15) is 0 Å². The van der Waals surface area contributed by atoms with Crippen molar-refractivity contribution in [2.45, 2.75) is 18.9 Å². The van der Waals surface area contributed by atoms with Gasteiger partial charge in [-0.2, -0.15) is 0 Å². The average molecular weight is 279 g/mol. The van der Waals surface area contributed by atoms with Crippen LogP contribution in [0.1, 0.15) is 24.5 Å². The summed E-state index contributed by atoms with van der Waals surface area (Å²) in [6.45, 7) is 3.47. The fraction of sp³-hybridized carbons (Fsp3) is 0.600. The van der Waals surface area contributed by atoms with Gasteiger partial charge in [-0.25, -0.2) is 0 Å². The normalized spacial score (nSPS) is 20.1. The van der Waals surface area contributed by atoms with Crippen LogP contribution >= 0.6 is 0 Å². The van der Waals surface area contributed by atoms with Crippen molar-refractivity contribution in [2.75, 3.05) is 33.1 Å². The highest BCUT2D eigenvalue weighted by atomic mass is 16.7. The predicted octanol–water partition coefficient (Wildman–Crippen LogP) is 1.46. The SMILES string of the molecule is OC(CNCC1CCOCC1)c1ccc2c(c1)OCO2. The monoisotopic (exact) mass is 279 g/mol. The summed E-state index contributed by atoms with van der Waals surface area (Å²) in [5.41, 5.74) is 0.855. The van der Waals surface area contributed by atoms with E-state index in [1.807, 2.05) is 18.2 Å². The summed E-state index contributed by atoms with van der Waals surface area (Å²) in [6.07, 6.45) is 1.68. The Morgan fingerprint density at radius 1 is 1.20 bits per heavy atom. The Morgan fingerprint density at radius 3 is 2.85 bits per heavy atom. The molecule has 2 aliphatic rings. The van der Waals surface area contributed by atoms with Gasteiger partial charge in [-0.15, -0.1) is 0 Å². The smallest absolute Gasteiger partial charge is 0.231 e. The maximum absolute atomic E-state index is 10.2. The Hall–Kier alpha value is -1.30. The molecule has 0 radical (unpaired) electrons. The molecule has 0 spiro atoms. The molecule has 2 N–H and O–H groups in total. The van der Waals surface area contributed by atoms with Crippen molar-refractivity contribution in [1.29, 1.82) is 0 Å². The molecule has 5 nitrogen and oxygen atoms in total. The average Bonchev–Trinajstić information content (AvgIpc) is 2.95. The highest BCUT2D eigenvalue weighted by Crippen LogP contribution is 2.34. The molecule has 1 saturated heterocycles. The summed E-state index contributed by atoms with van der Waals surface area (Å²) in [5, 5.41) is 13.5. The number of fused-ring (bicyclic) bond motifs is 1. The van der Waals surface area contributed by atoms with E-state index in [4.69, 9.17) is 14.2 Å². The van der Waals surface area contributed by atoms with E-state index in [0.29, 0.717) is 18.2 Å². The molecule has 1 unspecified atom stereocenters. The van der Waals surface area contributed by atoms with E-state index in [1.165, 1.54) is 0 Å². The Balaban J connectivity index is 1.47. The van der Waals surface area contributed by atoms with Crippen LogP contribution in [0.15, 0.2) is 18.2 Å². The first-order valence-electron chi connectivity index (χ1n) is 7.19. The van der Waals surface area contributed by atoms with Crippen LogP contribution in [0, 0.1) is 5.92 Å². The van der Waals surface area contributed by atoms with Crippen LogP contribution in [0.2, 0.25) is 0 Å². The van der Waals surface area contributed by atoms with Gasteiger partial charge in [0.15, 0.2) is 11.5 Å². The van der Waals surface area contributed by atoms with E-state index >= 15 is 0 Å². The number of hydrogen-bond donors (Lipinski definition) is 2. The van der Waals surface area contributed by atoms with Gasteiger partial charge in [0.05, 0.1) is 6.10 Å². The zero-order valence-corrected chi connectivity index (χ0v) is 11.5. The van der Waals surface area contributed by atoms with Crippen molar-refractivity contribution in [3.05, 3.63) is 23.8 Å². The van der Waals surface area contributed by atoms with E-state index in [0.717, 1.165) is 43.9 Å². The first-order chi connectivity index (χ1) is 9.83. The van der Waals surface area contributed by atoms with Crippen LogP contribution in [0.4, 0.5) is 0 Å². The second-order valence-corrected chi connectivity index (χ2v) is 5.34. The Morgan fingerprint density at radius 2 is 2.00 bits per heavy atom. The fourth-order valence-electron chi connectivity index (χ4n) is 2.61. The van der Waals surface area contributed by atoms with Crippen molar-refractivity contribution in [2.24, 2.45) is 5.92 Å². The molecule has 1 fully saturated rings. The molecular weight excluding hydrogens is 258 g/mol. The summed E-state index contributed by atoms with van der Waals surface area (Å²) in [7, 11) is 0. The minimum Gasteiger partial charge on any atom is -0.454 e. The Kier molecular flexibility index (Phi) is 4.40. The van der Waals surface area contributed by atoms with Crippen LogP contribution in [-0.4, -0.2) is 38.2 Å². The Labute approximate surface area is 118 Å². The lowest BCUT2D eigenvalue weighted by Crippen LogP contribution is -2.30. The zero-order valence-electron chi connectivity index (χ0n) is 11.5. The van der Waals surface area contributed by atoms with E-state index in [9.17, 15) is 5.11 Å². The first kappa shape index (κ1) is 13.7. The van der Waals surface area contributed by atoms with Gasteiger partial charge in [-0.3, -0.25) is 0 Å². The second kappa shape index (κ2) is 6.43. The molecular formula is C15H21NO4. The summed E-state index contributed by atoms with van der Waals surface area (Å²) < 4.78 is 15.9. The molecule has 110 valence electrons. The van der Waals surface area contributed by atoms with Crippen LogP contribution in [0.5, 0.6) is 11.5 Å². The number of aliphatic hydroxyl groups is 1. The summed E-state index contributed by atoms with van der Waals surface area (Å²) in [4.78, 5) is 0. The van der Waals surface area contributed by atoms with E-state index in [1.54, 1.807) is 0 Å². The van der Waals surface area contributed by atoms with Crippen LogP contribution in [0.3, 0.4) is 0 Å². The third-order valence-electron chi connectivity index (χ3n) is 3.89. The van der Waals surface area contributed by atoms with E-state index in [-0.39, 0.29) is 6.79 Å².